The highest BCUT2D eigenvalue weighted by atomic mass is 16.5. The Kier molecular flexibility index (Phi) is 5.53. The molecule has 1 fully saturated rings. The van der Waals surface area contributed by atoms with Crippen molar-refractivity contribution >= 4 is 0 Å². The SMILES string of the molecule is CNC(C#N)CCOC1CCOCC1. The third-order valence-electron chi connectivity index (χ3n) is 2.43. The van der Waals surface area contributed by atoms with Crippen LogP contribution in [0.2, 0.25) is 0 Å². The van der Waals surface area contributed by atoms with Gasteiger partial charge in [0.2, 0.25) is 0 Å². The lowest BCUT2D eigenvalue weighted by Crippen LogP contribution is -2.28. The molecular weight excluding hydrogens is 180 g/mol. The molecule has 4 heteroatoms. The molecule has 0 aromatic rings. The van der Waals surface area contributed by atoms with Gasteiger partial charge in [0.15, 0.2) is 0 Å². The maximum atomic E-state index is 8.67. The van der Waals surface area contributed by atoms with Crippen molar-refractivity contribution in [2.45, 2.75) is 31.4 Å². The molecule has 0 radical (unpaired) electrons. The Morgan fingerprint density at radius 1 is 1.57 bits per heavy atom. The van der Waals surface area contributed by atoms with Gasteiger partial charge in [0.25, 0.3) is 0 Å². The van der Waals surface area contributed by atoms with Crippen LogP contribution < -0.4 is 5.32 Å². The zero-order chi connectivity index (χ0) is 10.2. The van der Waals surface area contributed by atoms with Crippen LogP contribution in [0.4, 0.5) is 0 Å². The predicted molar refractivity (Wildman–Crippen MR) is 52.9 cm³/mol. The van der Waals surface area contributed by atoms with Crippen LogP contribution in [-0.2, 0) is 9.47 Å². The van der Waals surface area contributed by atoms with Crippen LogP contribution in [0, 0.1) is 11.3 Å². The first kappa shape index (κ1) is 11.4. The zero-order valence-corrected chi connectivity index (χ0v) is 8.66. The van der Waals surface area contributed by atoms with Crippen molar-refractivity contribution in [3.05, 3.63) is 0 Å². The summed E-state index contributed by atoms with van der Waals surface area (Å²) < 4.78 is 10.9. The van der Waals surface area contributed by atoms with Gasteiger partial charge in [-0.3, -0.25) is 0 Å². The van der Waals surface area contributed by atoms with Crippen molar-refractivity contribution < 1.29 is 9.47 Å². The lowest BCUT2D eigenvalue weighted by Gasteiger charge is -2.22. The van der Waals surface area contributed by atoms with Crippen LogP contribution in [0.15, 0.2) is 0 Å². The highest BCUT2D eigenvalue weighted by Gasteiger charge is 2.14. The average molecular weight is 198 g/mol. The standard InChI is InChI=1S/C10H18N2O2/c1-12-9(8-11)2-7-14-10-3-5-13-6-4-10/h9-10,12H,2-7H2,1H3. The summed E-state index contributed by atoms with van der Waals surface area (Å²) in [5, 5.41) is 11.6. The summed E-state index contributed by atoms with van der Waals surface area (Å²) in [4.78, 5) is 0. The summed E-state index contributed by atoms with van der Waals surface area (Å²) in [5.74, 6) is 0. The second kappa shape index (κ2) is 6.77. The van der Waals surface area contributed by atoms with Crippen molar-refractivity contribution in [3.8, 4) is 6.07 Å². The van der Waals surface area contributed by atoms with E-state index in [1.165, 1.54) is 0 Å². The molecule has 80 valence electrons. The minimum atomic E-state index is -0.0881. The molecule has 1 rings (SSSR count). The minimum Gasteiger partial charge on any atom is -0.381 e. The lowest BCUT2D eigenvalue weighted by molar-refractivity contribution is -0.0330. The number of hydrogen-bond acceptors (Lipinski definition) is 4. The maximum absolute atomic E-state index is 8.67. The third-order valence-corrected chi connectivity index (χ3v) is 2.43. The molecule has 0 amide bonds. The fraction of sp³-hybridized carbons (Fsp3) is 0.900. The Morgan fingerprint density at radius 2 is 2.29 bits per heavy atom. The van der Waals surface area contributed by atoms with E-state index in [4.69, 9.17) is 14.7 Å². The summed E-state index contributed by atoms with van der Waals surface area (Å²) in [6.45, 7) is 2.26. The average Bonchev–Trinajstić information content (AvgIpc) is 2.26. The van der Waals surface area contributed by atoms with Crippen molar-refractivity contribution in [1.29, 1.82) is 5.26 Å². The van der Waals surface area contributed by atoms with E-state index in [1.807, 2.05) is 0 Å². The summed E-state index contributed by atoms with van der Waals surface area (Å²) in [7, 11) is 1.79. The van der Waals surface area contributed by atoms with Gasteiger partial charge in [-0.05, 0) is 26.3 Å². The largest absolute Gasteiger partial charge is 0.381 e. The first-order chi connectivity index (χ1) is 6.86. The molecule has 14 heavy (non-hydrogen) atoms. The first-order valence-electron chi connectivity index (χ1n) is 5.13. The third kappa shape index (κ3) is 4.05. The molecule has 1 unspecified atom stereocenters. The predicted octanol–water partition coefficient (Wildman–Crippen LogP) is 0.684. The van der Waals surface area contributed by atoms with Crippen LogP contribution in [0.25, 0.3) is 0 Å². The van der Waals surface area contributed by atoms with Crippen LogP contribution in [-0.4, -0.2) is 39.0 Å². The molecule has 4 nitrogen and oxygen atoms in total. The summed E-state index contributed by atoms with van der Waals surface area (Å²) >= 11 is 0. The Bertz CT molecular complexity index is 185. The van der Waals surface area contributed by atoms with Crippen molar-refractivity contribution in [2.75, 3.05) is 26.9 Å². The monoisotopic (exact) mass is 198 g/mol. The molecule has 1 aliphatic heterocycles. The molecule has 0 aliphatic carbocycles. The van der Waals surface area contributed by atoms with Gasteiger partial charge in [-0.1, -0.05) is 0 Å². The van der Waals surface area contributed by atoms with Gasteiger partial charge >= 0.3 is 0 Å². The number of ether oxygens (including phenoxy) is 2. The Morgan fingerprint density at radius 3 is 2.86 bits per heavy atom. The van der Waals surface area contributed by atoms with E-state index >= 15 is 0 Å². The highest BCUT2D eigenvalue weighted by molar-refractivity contribution is 4.88. The topological polar surface area (TPSA) is 54.3 Å². The second-order valence-corrected chi connectivity index (χ2v) is 3.44. The van der Waals surface area contributed by atoms with Crippen LogP contribution in [0.3, 0.4) is 0 Å². The lowest BCUT2D eigenvalue weighted by atomic mass is 10.1. The van der Waals surface area contributed by atoms with E-state index < -0.39 is 0 Å². The molecule has 0 spiro atoms. The molecule has 1 atom stereocenters. The van der Waals surface area contributed by atoms with E-state index in [-0.39, 0.29) is 6.04 Å². The maximum Gasteiger partial charge on any atom is 0.0972 e. The van der Waals surface area contributed by atoms with Gasteiger partial charge in [-0.25, -0.2) is 0 Å². The summed E-state index contributed by atoms with van der Waals surface area (Å²) in [5.41, 5.74) is 0. The highest BCUT2D eigenvalue weighted by Crippen LogP contribution is 2.10. The Labute approximate surface area is 85.2 Å². The number of nitrogens with zero attached hydrogens (tertiary/aromatic N) is 1. The number of nitriles is 1. The van der Waals surface area contributed by atoms with Gasteiger partial charge in [0, 0.05) is 19.8 Å². The van der Waals surface area contributed by atoms with Gasteiger partial charge in [0.1, 0.15) is 0 Å². The van der Waals surface area contributed by atoms with Gasteiger partial charge in [-0.2, -0.15) is 5.26 Å². The minimum absolute atomic E-state index is 0.0881. The molecule has 1 saturated heterocycles. The van der Waals surface area contributed by atoms with E-state index in [0.29, 0.717) is 12.7 Å². The molecule has 0 aromatic carbocycles. The number of rotatable bonds is 5. The molecule has 1 N–H and O–H groups in total. The molecule has 1 aliphatic rings. The molecular formula is C10H18N2O2. The number of nitrogens with one attached hydrogen (secondary N) is 1. The quantitative estimate of drug-likeness (QED) is 0.706. The van der Waals surface area contributed by atoms with Gasteiger partial charge < -0.3 is 14.8 Å². The van der Waals surface area contributed by atoms with Crippen LogP contribution >= 0.6 is 0 Å². The Hall–Kier alpha value is -0.630. The molecule has 1 heterocycles. The zero-order valence-electron chi connectivity index (χ0n) is 8.66. The van der Waals surface area contributed by atoms with E-state index in [9.17, 15) is 0 Å². The van der Waals surface area contributed by atoms with Crippen molar-refractivity contribution in [1.82, 2.24) is 5.32 Å². The fourth-order valence-corrected chi connectivity index (χ4v) is 1.47. The summed E-state index contributed by atoms with van der Waals surface area (Å²) in [6, 6.07) is 2.09. The first-order valence-corrected chi connectivity index (χ1v) is 5.13. The summed E-state index contributed by atoms with van der Waals surface area (Å²) in [6.07, 6.45) is 3.05. The molecule has 0 aromatic heterocycles. The second-order valence-electron chi connectivity index (χ2n) is 3.44. The van der Waals surface area contributed by atoms with E-state index in [0.717, 1.165) is 32.5 Å². The van der Waals surface area contributed by atoms with Crippen LogP contribution in [0.5, 0.6) is 0 Å². The van der Waals surface area contributed by atoms with Crippen molar-refractivity contribution in [3.63, 3.8) is 0 Å². The Balaban J connectivity index is 2.05. The van der Waals surface area contributed by atoms with Crippen LogP contribution in [0.1, 0.15) is 19.3 Å². The van der Waals surface area contributed by atoms with Gasteiger partial charge in [0.05, 0.1) is 18.2 Å². The van der Waals surface area contributed by atoms with Gasteiger partial charge in [-0.15, -0.1) is 0 Å². The fourth-order valence-electron chi connectivity index (χ4n) is 1.47. The van der Waals surface area contributed by atoms with E-state index in [1.54, 1.807) is 7.05 Å². The number of hydrogen-bond donors (Lipinski definition) is 1. The molecule has 0 bridgehead atoms. The smallest absolute Gasteiger partial charge is 0.0972 e. The normalized spacial score (nSPS) is 20.3. The molecule has 0 saturated carbocycles. The van der Waals surface area contributed by atoms with Crippen molar-refractivity contribution in [2.24, 2.45) is 0 Å². The van der Waals surface area contributed by atoms with E-state index in [2.05, 4.69) is 11.4 Å².